The highest BCUT2D eigenvalue weighted by Crippen LogP contribution is 2.42. The van der Waals surface area contributed by atoms with Gasteiger partial charge in [0.15, 0.2) is 0 Å². The minimum Gasteiger partial charge on any atom is -0.0609 e. The molecule has 1 aromatic carbocycles. The van der Waals surface area contributed by atoms with Crippen molar-refractivity contribution in [2.45, 2.75) is 77.2 Å². The van der Waals surface area contributed by atoms with Crippen molar-refractivity contribution >= 4 is 10.2 Å². The van der Waals surface area contributed by atoms with E-state index in [0.29, 0.717) is 0 Å². The zero-order chi connectivity index (χ0) is 16.1. The first-order chi connectivity index (χ1) is 11.2. The normalized spacial score (nSPS) is 31.9. The number of aryl methyl sites for hydroxylation is 2. The molecule has 3 radical (unpaired) electrons. The van der Waals surface area contributed by atoms with Crippen molar-refractivity contribution in [3.63, 3.8) is 0 Å². The quantitative estimate of drug-likeness (QED) is 0.571. The van der Waals surface area contributed by atoms with Crippen molar-refractivity contribution in [2.75, 3.05) is 0 Å². The van der Waals surface area contributed by atoms with Gasteiger partial charge in [-0.3, -0.25) is 0 Å². The predicted octanol–water partition coefficient (Wildman–Crippen LogP) is 6.13. The molecule has 0 amide bonds. The van der Waals surface area contributed by atoms with Crippen molar-refractivity contribution in [1.82, 2.24) is 0 Å². The van der Waals surface area contributed by atoms with E-state index in [1.807, 2.05) is 0 Å². The third-order valence-corrected chi connectivity index (χ3v) is 7.28. The number of hydrogen-bond acceptors (Lipinski definition) is 0. The number of rotatable bonds is 5. The summed E-state index contributed by atoms with van der Waals surface area (Å²) >= 11 is 0. The van der Waals surface area contributed by atoms with Gasteiger partial charge >= 0.3 is 0 Å². The Balaban J connectivity index is 1.38. The van der Waals surface area contributed by atoms with Crippen molar-refractivity contribution in [1.29, 1.82) is 0 Å². The lowest BCUT2D eigenvalue weighted by molar-refractivity contribution is 0.148. The average molecular weight is 326 g/mol. The molecule has 2 aliphatic carbocycles. The zero-order valence-corrected chi connectivity index (χ0v) is 15.9. The van der Waals surface area contributed by atoms with Crippen LogP contribution in [0.3, 0.4) is 0 Å². The molecular formula is C22H33Si. The summed E-state index contributed by atoms with van der Waals surface area (Å²) in [5, 5.41) is 0. The van der Waals surface area contributed by atoms with E-state index in [0.717, 1.165) is 23.7 Å². The van der Waals surface area contributed by atoms with Crippen molar-refractivity contribution in [3.05, 3.63) is 35.4 Å². The van der Waals surface area contributed by atoms with Gasteiger partial charge in [-0.25, -0.2) is 0 Å². The van der Waals surface area contributed by atoms with Gasteiger partial charge in [0.1, 0.15) is 0 Å². The van der Waals surface area contributed by atoms with E-state index in [9.17, 15) is 0 Å². The molecule has 1 heteroatoms. The Hall–Kier alpha value is -0.563. The third kappa shape index (κ3) is 4.95. The Labute approximate surface area is 146 Å². The molecule has 2 fully saturated rings. The molecule has 0 spiro atoms. The van der Waals surface area contributed by atoms with Crippen LogP contribution < -0.4 is 0 Å². The van der Waals surface area contributed by atoms with Crippen LogP contribution in [0.1, 0.15) is 68.9 Å². The fourth-order valence-corrected chi connectivity index (χ4v) is 5.35. The molecule has 23 heavy (non-hydrogen) atoms. The lowest BCUT2D eigenvalue weighted by Crippen LogP contribution is -2.26. The highest BCUT2D eigenvalue weighted by molar-refractivity contribution is 6.08. The van der Waals surface area contributed by atoms with Crippen LogP contribution in [0.5, 0.6) is 0 Å². The molecule has 0 heterocycles. The molecule has 0 aliphatic heterocycles. The van der Waals surface area contributed by atoms with E-state index in [-0.39, 0.29) is 0 Å². The Kier molecular flexibility index (Phi) is 6.39. The molecule has 1 aromatic rings. The van der Waals surface area contributed by atoms with Crippen LogP contribution in [0, 0.1) is 30.6 Å². The zero-order valence-electron chi connectivity index (χ0n) is 14.9. The first kappa shape index (κ1) is 17.3. The summed E-state index contributed by atoms with van der Waals surface area (Å²) in [5.41, 5.74) is 2.91. The molecule has 0 bridgehead atoms. The first-order valence-corrected chi connectivity index (χ1v) is 10.7. The van der Waals surface area contributed by atoms with E-state index in [1.165, 1.54) is 81.4 Å². The molecule has 0 nitrogen and oxygen atoms in total. The lowest BCUT2D eigenvalue weighted by Gasteiger charge is -2.37. The largest absolute Gasteiger partial charge is 0.0609 e. The third-order valence-electron chi connectivity index (χ3n) is 6.70. The van der Waals surface area contributed by atoms with Gasteiger partial charge in [-0.2, -0.15) is 0 Å². The molecule has 3 rings (SSSR count). The second-order valence-electron chi connectivity index (χ2n) is 8.29. The van der Waals surface area contributed by atoms with E-state index in [2.05, 4.69) is 41.4 Å². The molecule has 0 N–H and O–H groups in total. The SMILES string of the molecule is Cc1ccc(CCC2CCC(C3CCC(C[Si])CC3)CC2)cc1. The van der Waals surface area contributed by atoms with Gasteiger partial charge in [0.25, 0.3) is 0 Å². The van der Waals surface area contributed by atoms with Crippen LogP contribution in [0.15, 0.2) is 24.3 Å². The van der Waals surface area contributed by atoms with Crippen LogP contribution in [0.2, 0.25) is 6.04 Å². The lowest BCUT2D eigenvalue weighted by atomic mass is 9.69. The Morgan fingerprint density at radius 1 is 0.783 bits per heavy atom. The number of benzene rings is 1. The standard InChI is InChI=1S/C22H33Si/c1-17-2-4-18(5-3-17)6-7-19-8-12-21(13-9-19)22-14-10-20(16-23)11-15-22/h2-5,19-22H,6-16H2,1H3. The summed E-state index contributed by atoms with van der Waals surface area (Å²) in [6.45, 7) is 2.18. The van der Waals surface area contributed by atoms with Crippen LogP contribution in [0.4, 0.5) is 0 Å². The maximum Gasteiger partial charge on any atom is 0.0225 e. The molecular weight excluding hydrogens is 292 g/mol. The molecule has 0 unspecified atom stereocenters. The Morgan fingerprint density at radius 2 is 1.30 bits per heavy atom. The smallest absolute Gasteiger partial charge is 0.0225 e. The van der Waals surface area contributed by atoms with Gasteiger partial charge in [-0.1, -0.05) is 61.6 Å². The van der Waals surface area contributed by atoms with Crippen molar-refractivity contribution < 1.29 is 0 Å². The first-order valence-electron chi connectivity index (χ1n) is 9.94. The maximum atomic E-state index is 3.72. The Morgan fingerprint density at radius 3 is 1.83 bits per heavy atom. The Bertz CT molecular complexity index is 447. The predicted molar refractivity (Wildman–Crippen MR) is 101 cm³/mol. The highest BCUT2D eigenvalue weighted by Gasteiger charge is 2.30. The topological polar surface area (TPSA) is 0 Å². The summed E-state index contributed by atoms with van der Waals surface area (Å²) in [5.74, 6) is 4.07. The van der Waals surface area contributed by atoms with E-state index >= 15 is 0 Å². The average Bonchev–Trinajstić information content (AvgIpc) is 2.62. The minimum absolute atomic E-state index is 0.966. The van der Waals surface area contributed by atoms with E-state index < -0.39 is 0 Å². The molecule has 0 aromatic heterocycles. The van der Waals surface area contributed by atoms with Crippen LogP contribution >= 0.6 is 0 Å². The molecule has 2 saturated carbocycles. The summed E-state index contributed by atoms with van der Waals surface area (Å²) in [6, 6.07) is 10.4. The van der Waals surface area contributed by atoms with Gasteiger partial charge in [0.2, 0.25) is 0 Å². The van der Waals surface area contributed by atoms with Crippen molar-refractivity contribution in [3.8, 4) is 0 Å². The van der Waals surface area contributed by atoms with Gasteiger partial charge < -0.3 is 0 Å². The monoisotopic (exact) mass is 325 g/mol. The van der Waals surface area contributed by atoms with Crippen molar-refractivity contribution in [2.24, 2.45) is 23.7 Å². The van der Waals surface area contributed by atoms with Crippen LogP contribution in [0.25, 0.3) is 0 Å². The van der Waals surface area contributed by atoms with E-state index in [1.54, 1.807) is 0 Å². The molecule has 0 saturated heterocycles. The molecule has 125 valence electrons. The van der Waals surface area contributed by atoms with Gasteiger partial charge in [-0.15, -0.1) is 0 Å². The summed E-state index contributed by atoms with van der Waals surface area (Å²) in [7, 11) is 3.72. The van der Waals surface area contributed by atoms with E-state index in [4.69, 9.17) is 0 Å². The van der Waals surface area contributed by atoms with Crippen LogP contribution in [-0.2, 0) is 6.42 Å². The summed E-state index contributed by atoms with van der Waals surface area (Å²) < 4.78 is 0. The summed E-state index contributed by atoms with van der Waals surface area (Å²) in [4.78, 5) is 0. The maximum absolute atomic E-state index is 3.72. The highest BCUT2D eigenvalue weighted by atomic mass is 28.1. The van der Waals surface area contributed by atoms with Gasteiger partial charge in [0, 0.05) is 10.2 Å². The summed E-state index contributed by atoms with van der Waals surface area (Å²) in [6.07, 6.45) is 14.7. The van der Waals surface area contributed by atoms with Crippen LogP contribution in [-0.4, -0.2) is 10.2 Å². The number of hydrogen-bond donors (Lipinski definition) is 0. The van der Waals surface area contributed by atoms with Gasteiger partial charge in [0.05, 0.1) is 0 Å². The second kappa shape index (κ2) is 8.51. The minimum atomic E-state index is 0.966. The fraction of sp³-hybridized carbons (Fsp3) is 0.727. The van der Waals surface area contributed by atoms with Gasteiger partial charge in [-0.05, 0) is 74.7 Å². The molecule has 0 atom stereocenters. The fourth-order valence-electron chi connectivity index (χ4n) is 4.94. The molecule has 2 aliphatic rings. The second-order valence-corrected chi connectivity index (χ2v) is 8.70.